The normalized spacial score (nSPS) is 14.0. The summed E-state index contributed by atoms with van der Waals surface area (Å²) in [7, 11) is 3.02. The molecule has 190 valence electrons. The molecular weight excluding hydrogens is 467 g/mol. The molecule has 1 aromatic heterocycles. The van der Waals surface area contributed by atoms with Crippen LogP contribution in [0.3, 0.4) is 0 Å². The fraction of sp³-hybridized carbons (Fsp3) is 0.385. The average molecular weight is 497 g/mol. The van der Waals surface area contributed by atoms with Gasteiger partial charge in [0.15, 0.2) is 11.5 Å². The molecule has 2 amide bonds. The van der Waals surface area contributed by atoms with Crippen molar-refractivity contribution in [2.24, 2.45) is 0 Å². The molecule has 0 spiro atoms. The van der Waals surface area contributed by atoms with Crippen molar-refractivity contribution in [3.05, 3.63) is 64.5 Å². The molecule has 10 heteroatoms. The predicted octanol–water partition coefficient (Wildman–Crippen LogP) is 2.75. The molecule has 2 aromatic carbocycles. The number of methoxy groups -OCH3 is 2. The van der Waals surface area contributed by atoms with Gasteiger partial charge in [-0.2, -0.15) is 0 Å². The Morgan fingerprint density at radius 3 is 2.50 bits per heavy atom. The zero-order valence-corrected chi connectivity index (χ0v) is 20.3. The van der Waals surface area contributed by atoms with Gasteiger partial charge in [0.25, 0.3) is 11.5 Å². The van der Waals surface area contributed by atoms with Crippen LogP contribution >= 0.6 is 0 Å². The summed E-state index contributed by atoms with van der Waals surface area (Å²) in [5.74, 6) is -0.0283. The van der Waals surface area contributed by atoms with Gasteiger partial charge in [0, 0.05) is 38.2 Å². The Bertz CT molecular complexity index is 1320. The van der Waals surface area contributed by atoms with Crippen LogP contribution in [0, 0.1) is 5.82 Å². The second kappa shape index (κ2) is 11.2. The first kappa shape index (κ1) is 25.2. The van der Waals surface area contributed by atoms with E-state index in [-0.39, 0.29) is 35.4 Å². The molecule has 3 aromatic rings. The van der Waals surface area contributed by atoms with Crippen molar-refractivity contribution in [3.63, 3.8) is 0 Å². The number of fused-ring (bicyclic) bond motifs is 1. The van der Waals surface area contributed by atoms with Gasteiger partial charge < -0.3 is 19.7 Å². The second-order valence-electron chi connectivity index (χ2n) is 8.68. The van der Waals surface area contributed by atoms with E-state index in [9.17, 15) is 18.8 Å². The molecule has 0 aliphatic carbocycles. The summed E-state index contributed by atoms with van der Waals surface area (Å²) >= 11 is 0. The fourth-order valence-corrected chi connectivity index (χ4v) is 4.39. The number of nitrogens with zero attached hydrogens (tertiary/aromatic N) is 3. The number of rotatable bonds is 8. The van der Waals surface area contributed by atoms with Crippen molar-refractivity contribution in [2.45, 2.75) is 38.3 Å². The minimum atomic E-state index is -0.530. The van der Waals surface area contributed by atoms with Gasteiger partial charge in [-0.15, -0.1) is 0 Å². The molecule has 1 saturated heterocycles. The van der Waals surface area contributed by atoms with E-state index in [0.29, 0.717) is 61.3 Å². The maximum absolute atomic E-state index is 13.9. The number of carbonyl (C=O) groups excluding carboxylic acids is 2. The van der Waals surface area contributed by atoms with Gasteiger partial charge >= 0.3 is 0 Å². The zero-order valence-electron chi connectivity index (χ0n) is 20.3. The standard InChI is InChI=1S/C26H29FN4O5/c1-35-22-14-19-21(15-23(22)36-2)28-16-31(26(19)34)11-5-8-24(32)29-17-9-12-30(13-10-17)25(33)18-6-3-4-7-20(18)27/h3-4,6-7,14-17H,5,8-13H2,1-2H3,(H,29,32). The summed E-state index contributed by atoms with van der Waals surface area (Å²) in [6.45, 7) is 1.24. The molecule has 2 heterocycles. The number of ether oxygens (including phenoxy) is 2. The molecule has 0 saturated carbocycles. The molecule has 1 aliphatic rings. The quantitative estimate of drug-likeness (QED) is 0.515. The summed E-state index contributed by atoms with van der Waals surface area (Å²) < 4.78 is 25.9. The van der Waals surface area contributed by atoms with Crippen LogP contribution in [0.5, 0.6) is 11.5 Å². The molecule has 9 nitrogen and oxygen atoms in total. The van der Waals surface area contributed by atoms with E-state index < -0.39 is 5.82 Å². The van der Waals surface area contributed by atoms with Crippen LogP contribution in [0.15, 0.2) is 47.5 Å². The van der Waals surface area contributed by atoms with E-state index in [4.69, 9.17) is 9.47 Å². The first-order chi connectivity index (χ1) is 17.4. The molecule has 0 unspecified atom stereocenters. The van der Waals surface area contributed by atoms with E-state index in [1.165, 1.54) is 37.2 Å². The number of aryl methyl sites for hydroxylation is 1. The van der Waals surface area contributed by atoms with Crippen molar-refractivity contribution in [2.75, 3.05) is 27.3 Å². The first-order valence-electron chi connectivity index (χ1n) is 11.9. The zero-order chi connectivity index (χ0) is 25.7. The van der Waals surface area contributed by atoms with Gasteiger partial charge in [-0.3, -0.25) is 19.0 Å². The maximum Gasteiger partial charge on any atom is 0.261 e. The Morgan fingerprint density at radius 2 is 1.81 bits per heavy atom. The lowest BCUT2D eigenvalue weighted by atomic mass is 10.0. The van der Waals surface area contributed by atoms with Gasteiger partial charge in [0.1, 0.15) is 5.82 Å². The third kappa shape index (κ3) is 5.48. The van der Waals surface area contributed by atoms with Crippen molar-refractivity contribution < 1.29 is 23.5 Å². The van der Waals surface area contributed by atoms with E-state index in [1.54, 1.807) is 29.2 Å². The largest absolute Gasteiger partial charge is 0.493 e. The van der Waals surface area contributed by atoms with Crippen LogP contribution in [-0.2, 0) is 11.3 Å². The van der Waals surface area contributed by atoms with Gasteiger partial charge in [-0.25, -0.2) is 9.37 Å². The van der Waals surface area contributed by atoms with Crippen molar-refractivity contribution >= 4 is 22.7 Å². The number of amides is 2. The number of benzene rings is 2. The van der Waals surface area contributed by atoms with Crippen LogP contribution in [0.4, 0.5) is 4.39 Å². The van der Waals surface area contributed by atoms with Gasteiger partial charge in [-0.1, -0.05) is 12.1 Å². The van der Waals surface area contributed by atoms with Crippen LogP contribution in [0.2, 0.25) is 0 Å². The summed E-state index contributed by atoms with van der Waals surface area (Å²) in [6.07, 6.45) is 3.40. The average Bonchev–Trinajstić information content (AvgIpc) is 2.89. The highest BCUT2D eigenvalue weighted by molar-refractivity contribution is 5.94. The number of piperidine rings is 1. The predicted molar refractivity (Wildman–Crippen MR) is 132 cm³/mol. The highest BCUT2D eigenvalue weighted by atomic mass is 19.1. The Hall–Kier alpha value is -3.95. The molecule has 4 rings (SSSR count). The Morgan fingerprint density at radius 1 is 1.11 bits per heavy atom. The van der Waals surface area contributed by atoms with Crippen LogP contribution in [-0.4, -0.2) is 59.6 Å². The molecule has 1 aliphatic heterocycles. The Balaban J connectivity index is 1.27. The van der Waals surface area contributed by atoms with Crippen molar-refractivity contribution in [3.8, 4) is 11.5 Å². The molecule has 0 atom stereocenters. The van der Waals surface area contributed by atoms with E-state index >= 15 is 0 Å². The number of hydrogen-bond donors (Lipinski definition) is 1. The summed E-state index contributed by atoms with van der Waals surface area (Å²) in [5.41, 5.74) is 0.357. The SMILES string of the molecule is COc1cc2ncn(CCCC(=O)NC3CCN(C(=O)c4ccccc4F)CC3)c(=O)c2cc1OC. The summed E-state index contributed by atoms with van der Waals surface area (Å²) in [5, 5.41) is 3.42. The van der Waals surface area contributed by atoms with E-state index in [2.05, 4.69) is 10.3 Å². The lowest BCUT2D eigenvalue weighted by molar-refractivity contribution is -0.122. The van der Waals surface area contributed by atoms with Crippen LogP contribution < -0.4 is 20.3 Å². The summed E-state index contributed by atoms with van der Waals surface area (Å²) in [4.78, 5) is 43.8. The molecule has 0 bridgehead atoms. The Labute approximate surface area is 207 Å². The smallest absolute Gasteiger partial charge is 0.261 e. The van der Waals surface area contributed by atoms with Crippen LogP contribution in [0.1, 0.15) is 36.0 Å². The number of halogens is 1. The number of hydrogen-bond acceptors (Lipinski definition) is 6. The summed E-state index contributed by atoms with van der Waals surface area (Å²) in [6, 6.07) is 9.16. The topological polar surface area (TPSA) is 103 Å². The van der Waals surface area contributed by atoms with E-state index in [0.717, 1.165) is 0 Å². The molecule has 0 radical (unpaired) electrons. The first-order valence-corrected chi connectivity index (χ1v) is 11.9. The number of aromatic nitrogens is 2. The minimum absolute atomic E-state index is 0.0466. The fourth-order valence-electron chi connectivity index (χ4n) is 4.39. The van der Waals surface area contributed by atoms with Gasteiger partial charge in [-0.05, 0) is 37.5 Å². The second-order valence-corrected chi connectivity index (χ2v) is 8.68. The third-order valence-corrected chi connectivity index (χ3v) is 6.38. The maximum atomic E-state index is 13.9. The van der Waals surface area contributed by atoms with Crippen molar-refractivity contribution in [1.82, 2.24) is 19.8 Å². The van der Waals surface area contributed by atoms with Crippen LogP contribution in [0.25, 0.3) is 10.9 Å². The number of likely N-dealkylation sites (tertiary alicyclic amines) is 1. The highest BCUT2D eigenvalue weighted by Gasteiger charge is 2.25. The lowest BCUT2D eigenvalue weighted by Crippen LogP contribution is -2.46. The van der Waals surface area contributed by atoms with Gasteiger partial charge in [0.05, 0.1) is 37.0 Å². The number of nitrogens with one attached hydrogen (secondary N) is 1. The number of carbonyl (C=O) groups is 2. The third-order valence-electron chi connectivity index (χ3n) is 6.38. The van der Waals surface area contributed by atoms with Crippen molar-refractivity contribution in [1.29, 1.82) is 0 Å². The molecule has 1 fully saturated rings. The Kier molecular flexibility index (Phi) is 7.82. The molecule has 1 N–H and O–H groups in total. The van der Waals surface area contributed by atoms with E-state index in [1.807, 2.05) is 0 Å². The lowest BCUT2D eigenvalue weighted by Gasteiger charge is -2.32. The molecular formula is C26H29FN4O5. The molecule has 36 heavy (non-hydrogen) atoms. The highest BCUT2D eigenvalue weighted by Crippen LogP contribution is 2.29. The van der Waals surface area contributed by atoms with Gasteiger partial charge in [0.2, 0.25) is 5.91 Å². The monoisotopic (exact) mass is 496 g/mol. The minimum Gasteiger partial charge on any atom is -0.493 e.